The molecule has 0 spiro atoms. The topological polar surface area (TPSA) is 0 Å². The summed E-state index contributed by atoms with van der Waals surface area (Å²) in [7, 11) is 0. The molecule has 0 aliphatic rings. The summed E-state index contributed by atoms with van der Waals surface area (Å²) in [5.41, 5.74) is 0. The van der Waals surface area contributed by atoms with Crippen LogP contribution < -0.4 is 0 Å². The Labute approximate surface area is 83.7 Å². The first-order valence-corrected chi connectivity index (χ1v) is 5.48. The molecule has 0 radical (unpaired) electrons. The minimum Gasteiger partial charge on any atom is -0.103 e. The summed E-state index contributed by atoms with van der Waals surface area (Å²) < 4.78 is 0. The van der Waals surface area contributed by atoms with Crippen LogP contribution in [0.1, 0.15) is 46.5 Å². The minimum atomic E-state index is 0.660. The Kier molecular flexibility index (Phi) is 7.77. The van der Waals surface area contributed by atoms with Crippen LogP contribution in [-0.2, 0) is 0 Å². The van der Waals surface area contributed by atoms with Gasteiger partial charge in [0.2, 0.25) is 0 Å². The highest BCUT2D eigenvalue weighted by Crippen LogP contribution is 2.09. The van der Waals surface area contributed by atoms with Gasteiger partial charge in [-0.1, -0.05) is 45.4 Å². The van der Waals surface area contributed by atoms with Crippen LogP contribution in [0, 0.1) is 11.8 Å². The van der Waals surface area contributed by atoms with Gasteiger partial charge < -0.3 is 0 Å². The van der Waals surface area contributed by atoms with E-state index in [1.54, 1.807) is 0 Å². The fraction of sp³-hybridized carbons (Fsp3) is 0.692. The molecule has 0 amide bonds. The van der Waals surface area contributed by atoms with Gasteiger partial charge in [-0.3, -0.25) is 0 Å². The van der Waals surface area contributed by atoms with Crippen LogP contribution in [0.3, 0.4) is 0 Å². The molecule has 0 bridgehead atoms. The molecule has 0 N–H and O–H groups in total. The summed E-state index contributed by atoms with van der Waals surface area (Å²) in [6.45, 7) is 10.5. The maximum absolute atomic E-state index is 3.78. The third-order valence-corrected chi connectivity index (χ3v) is 2.59. The second kappa shape index (κ2) is 8.10. The molecule has 0 aliphatic carbocycles. The molecule has 0 saturated carbocycles. The van der Waals surface area contributed by atoms with Gasteiger partial charge >= 0.3 is 0 Å². The first kappa shape index (κ1) is 12.5. The van der Waals surface area contributed by atoms with Gasteiger partial charge in [0.25, 0.3) is 0 Å². The monoisotopic (exact) mass is 180 g/mol. The van der Waals surface area contributed by atoms with Crippen molar-refractivity contribution >= 4 is 0 Å². The average molecular weight is 180 g/mol. The van der Waals surface area contributed by atoms with Crippen molar-refractivity contribution in [1.82, 2.24) is 0 Å². The highest BCUT2D eigenvalue weighted by molar-refractivity contribution is 4.85. The quantitative estimate of drug-likeness (QED) is 0.503. The molecule has 0 fully saturated rings. The van der Waals surface area contributed by atoms with Crippen molar-refractivity contribution < 1.29 is 0 Å². The van der Waals surface area contributed by atoms with Gasteiger partial charge in [-0.05, 0) is 31.1 Å². The summed E-state index contributed by atoms with van der Waals surface area (Å²) in [6, 6.07) is 0. The number of allylic oxidation sites excluding steroid dienone is 3. The fourth-order valence-corrected chi connectivity index (χ4v) is 1.09. The first-order valence-electron chi connectivity index (χ1n) is 5.48. The van der Waals surface area contributed by atoms with Crippen LogP contribution in [0.5, 0.6) is 0 Å². The van der Waals surface area contributed by atoms with E-state index in [1.807, 2.05) is 6.08 Å². The lowest BCUT2D eigenvalue weighted by Crippen LogP contribution is -1.89. The van der Waals surface area contributed by atoms with Gasteiger partial charge in [-0.15, -0.1) is 6.58 Å². The van der Waals surface area contributed by atoms with Gasteiger partial charge in [0.05, 0.1) is 0 Å². The van der Waals surface area contributed by atoms with Gasteiger partial charge in [-0.25, -0.2) is 0 Å². The Bertz CT molecular complexity index is 144. The van der Waals surface area contributed by atoms with Crippen LogP contribution >= 0.6 is 0 Å². The van der Waals surface area contributed by atoms with Crippen molar-refractivity contribution in [2.45, 2.75) is 46.5 Å². The van der Waals surface area contributed by atoms with Crippen molar-refractivity contribution in [1.29, 1.82) is 0 Å². The van der Waals surface area contributed by atoms with E-state index in [-0.39, 0.29) is 0 Å². The van der Waals surface area contributed by atoms with E-state index in [4.69, 9.17) is 0 Å². The van der Waals surface area contributed by atoms with Crippen molar-refractivity contribution in [3.8, 4) is 0 Å². The third kappa shape index (κ3) is 7.83. The molecule has 0 saturated heterocycles. The van der Waals surface area contributed by atoms with Crippen LogP contribution in [0.15, 0.2) is 24.8 Å². The largest absolute Gasteiger partial charge is 0.103 e. The molecule has 13 heavy (non-hydrogen) atoms. The lowest BCUT2D eigenvalue weighted by atomic mass is 10.0. The summed E-state index contributed by atoms with van der Waals surface area (Å²) in [4.78, 5) is 0. The zero-order chi connectivity index (χ0) is 10.1. The van der Waals surface area contributed by atoms with Gasteiger partial charge in [0, 0.05) is 0 Å². The lowest BCUT2D eigenvalue weighted by molar-refractivity contribution is 0.570. The minimum absolute atomic E-state index is 0.660. The van der Waals surface area contributed by atoms with E-state index >= 15 is 0 Å². The molecule has 2 atom stereocenters. The van der Waals surface area contributed by atoms with E-state index < -0.39 is 0 Å². The molecule has 0 aromatic heterocycles. The van der Waals surface area contributed by atoms with Gasteiger partial charge in [0.1, 0.15) is 0 Å². The molecule has 76 valence electrons. The maximum atomic E-state index is 3.78. The molecule has 0 aliphatic heterocycles. The van der Waals surface area contributed by atoms with E-state index in [0.29, 0.717) is 5.92 Å². The van der Waals surface area contributed by atoms with Crippen molar-refractivity contribution in [3.05, 3.63) is 24.8 Å². The van der Waals surface area contributed by atoms with E-state index in [1.165, 1.54) is 25.7 Å². The van der Waals surface area contributed by atoms with Crippen LogP contribution in [0.4, 0.5) is 0 Å². The van der Waals surface area contributed by atoms with Gasteiger partial charge in [0.15, 0.2) is 0 Å². The summed E-state index contributed by atoms with van der Waals surface area (Å²) >= 11 is 0. The smallest absolute Gasteiger partial charge is 0.0262 e. The highest BCUT2D eigenvalue weighted by atomic mass is 14.0. The molecule has 0 nitrogen and oxygen atoms in total. The fourth-order valence-electron chi connectivity index (χ4n) is 1.09. The Morgan fingerprint density at radius 2 is 1.92 bits per heavy atom. The lowest BCUT2D eigenvalue weighted by Gasteiger charge is -2.03. The SMILES string of the molecule is C=CC(C)CCC=CCC(C)CC. The molecular formula is C13H24. The van der Waals surface area contributed by atoms with Crippen molar-refractivity contribution in [2.24, 2.45) is 11.8 Å². The predicted octanol–water partition coefficient (Wildman–Crippen LogP) is 4.58. The Morgan fingerprint density at radius 3 is 2.46 bits per heavy atom. The number of rotatable bonds is 7. The highest BCUT2D eigenvalue weighted by Gasteiger charge is 1.94. The molecule has 2 unspecified atom stereocenters. The van der Waals surface area contributed by atoms with Crippen molar-refractivity contribution in [3.63, 3.8) is 0 Å². The molecule has 0 aromatic rings. The van der Waals surface area contributed by atoms with Crippen LogP contribution in [0.2, 0.25) is 0 Å². The normalized spacial score (nSPS) is 15.9. The summed E-state index contributed by atoms with van der Waals surface area (Å²) in [5.74, 6) is 1.50. The summed E-state index contributed by atoms with van der Waals surface area (Å²) in [6.07, 6.45) is 11.6. The zero-order valence-electron chi connectivity index (χ0n) is 9.42. The second-order valence-electron chi connectivity index (χ2n) is 4.01. The second-order valence-corrected chi connectivity index (χ2v) is 4.01. The zero-order valence-corrected chi connectivity index (χ0v) is 9.42. The standard InChI is InChI=1S/C13H24/c1-5-12(3)10-8-7-9-11-13(4)6-2/h5,7,9,12-13H,1,6,8,10-11H2,2-4H3. The van der Waals surface area contributed by atoms with Gasteiger partial charge in [-0.2, -0.15) is 0 Å². The Balaban J connectivity index is 3.36. The Hall–Kier alpha value is -0.520. The molecular weight excluding hydrogens is 156 g/mol. The maximum Gasteiger partial charge on any atom is -0.0262 e. The van der Waals surface area contributed by atoms with Crippen molar-refractivity contribution in [2.75, 3.05) is 0 Å². The van der Waals surface area contributed by atoms with E-state index in [0.717, 1.165) is 5.92 Å². The van der Waals surface area contributed by atoms with E-state index in [9.17, 15) is 0 Å². The Morgan fingerprint density at radius 1 is 1.23 bits per heavy atom. The molecule has 0 heterocycles. The summed E-state index contributed by atoms with van der Waals surface area (Å²) in [5, 5.41) is 0. The number of hydrogen-bond acceptors (Lipinski definition) is 0. The number of hydrogen-bond donors (Lipinski definition) is 0. The average Bonchev–Trinajstić information content (AvgIpc) is 2.16. The van der Waals surface area contributed by atoms with E-state index in [2.05, 4.69) is 39.5 Å². The molecule has 0 heteroatoms. The van der Waals surface area contributed by atoms with Crippen LogP contribution in [-0.4, -0.2) is 0 Å². The molecule has 0 aromatic carbocycles. The van der Waals surface area contributed by atoms with Crippen LogP contribution in [0.25, 0.3) is 0 Å². The predicted molar refractivity (Wildman–Crippen MR) is 61.8 cm³/mol. The first-order chi connectivity index (χ1) is 6.20. The molecule has 0 rings (SSSR count). The third-order valence-electron chi connectivity index (χ3n) is 2.59.